The minimum absolute atomic E-state index is 0.116. The second-order valence-corrected chi connectivity index (χ2v) is 12.1. The minimum atomic E-state index is -0.579. The maximum Gasteiger partial charge on any atom is 0.343 e. The van der Waals surface area contributed by atoms with E-state index >= 15 is 0 Å². The number of unbranched alkanes of at least 4 members (excludes halogenated alkanes) is 2. The highest BCUT2D eigenvalue weighted by atomic mass is 16.5. The Labute approximate surface area is 333 Å². The van der Waals surface area contributed by atoms with Crippen molar-refractivity contribution in [2.75, 3.05) is 26.4 Å². The first kappa shape index (κ1) is 44.6. The quantitative estimate of drug-likeness (QED) is 0.00995. The lowest BCUT2D eigenvalue weighted by atomic mass is 10.1. The van der Waals surface area contributed by atoms with E-state index in [1.807, 2.05) is 6.92 Å². The van der Waals surface area contributed by atoms with Crippen LogP contribution in [0.5, 0.6) is 17.2 Å². The maximum atomic E-state index is 12.7. The summed E-state index contributed by atoms with van der Waals surface area (Å²) in [4.78, 5) is 47.5. The van der Waals surface area contributed by atoms with E-state index in [0.717, 1.165) is 17.7 Å². The number of benzene rings is 3. The SMILES string of the molecule is C=CC(=O)OCCCCOc1ccc(C(=O)OC(=C)/C=C\C(=C)/C(C)=N/N=C(\CC)c2ccc(OC(=O)c3ccc(OCCCCOC(=O)C=C)cc3)cc2)cc1. The average Bonchev–Trinajstić information content (AvgIpc) is 3.23. The van der Waals surface area contributed by atoms with Crippen molar-refractivity contribution in [1.29, 1.82) is 0 Å². The third kappa shape index (κ3) is 16.6. The zero-order chi connectivity index (χ0) is 41.4. The van der Waals surface area contributed by atoms with Gasteiger partial charge >= 0.3 is 23.9 Å². The van der Waals surface area contributed by atoms with Gasteiger partial charge in [-0.25, -0.2) is 19.2 Å². The summed E-state index contributed by atoms with van der Waals surface area (Å²) in [5.41, 5.74) is 3.28. The fourth-order valence-corrected chi connectivity index (χ4v) is 4.57. The first-order valence-corrected chi connectivity index (χ1v) is 18.3. The summed E-state index contributed by atoms with van der Waals surface area (Å²) in [7, 11) is 0. The topological polar surface area (TPSA) is 148 Å². The number of hydrogen-bond donors (Lipinski definition) is 0. The molecule has 57 heavy (non-hydrogen) atoms. The van der Waals surface area contributed by atoms with Crippen LogP contribution in [0.25, 0.3) is 0 Å². The van der Waals surface area contributed by atoms with Crippen LogP contribution in [-0.2, 0) is 23.8 Å². The van der Waals surface area contributed by atoms with Crippen molar-refractivity contribution >= 4 is 35.3 Å². The Morgan fingerprint density at radius 2 is 1.05 bits per heavy atom. The van der Waals surface area contributed by atoms with E-state index in [1.165, 1.54) is 6.08 Å². The van der Waals surface area contributed by atoms with Gasteiger partial charge in [0.2, 0.25) is 0 Å². The van der Waals surface area contributed by atoms with Crippen LogP contribution < -0.4 is 14.2 Å². The molecule has 0 aliphatic heterocycles. The molecule has 0 amide bonds. The Bertz CT molecular complexity index is 1960. The number of rotatable bonds is 24. The number of allylic oxidation sites excluding steroid dienone is 3. The zero-order valence-electron chi connectivity index (χ0n) is 32.4. The Morgan fingerprint density at radius 1 is 0.596 bits per heavy atom. The highest BCUT2D eigenvalue weighted by Crippen LogP contribution is 2.19. The van der Waals surface area contributed by atoms with Crippen LogP contribution in [0.3, 0.4) is 0 Å². The number of hydrogen-bond acceptors (Lipinski definition) is 12. The molecule has 0 aliphatic carbocycles. The fraction of sp³-hybridized carbons (Fsp3) is 0.244. The van der Waals surface area contributed by atoms with E-state index in [1.54, 1.807) is 85.8 Å². The van der Waals surface area contributed by atoms with Gasteiger partial charge in [-0.1, -0.05) is 39.3 Å². The van der Waals surface area contributed by atoms with Gasteiger partial charge in [0.05, 0.1) is 49.0 Å². The average molecular weight is 777 g/mol. The van der Waals surface area contributed by atoms with Gasteiger partial charge in [0, 0.05) is 12.2 Å². The molecule has 3 aromatic carbocycles. The second-order valence-electron chi connectivity index (χ2n) is 12.1. The van der Waals surface area contributed by atoms with Crippen LogP contribution >= 0.6 is 0 Å². The largest absolute Gasteiger partial charge is 0.494 e. The third-order valence-electron chi connectivity index (χ3n) is 7.83. The molecule has 0 unspecified atom stereocenters. The number of carbonyl (C=O) groups is 4. The second kappa shape index (κ2) is 24.6. The van der Waals surface area contributed by atoms with Crippen LogP contribution in [-0.4, -0.2) is 61.7 Å². The Balaban J connectivity index is 1.43. The van der Waals surface area contributed by atoms with Crippen LogP contribution in [0, 0.1) is 0 Å². The molecule has 0 aromatic heterocycles. The summed E-state index contributed by atoms with van der Waals surface area (Å²) < 4.78 is 32.1. The van der Waals surface area contributed by atoms with Crippen molar-refractivity contribution in [2.45, 2.75) is 46.0 Å². The van der Waals surface area contributed by atoms with Gasteiger partial charge < -0.3 is 28.4 Å². The fourth-order valence-electron chi connectivity index (χ4n) is 4.57. The van der Waals surface area contributed by atoms with E-state index in [-0.39, 0.29) is 5.76 Å². The molecule has 3 rings (SSSR count). The molecule has 0 heterocycles. The van der Waals surface area contributed by atoms with Crippen molar-refractivity contribution in [3.8, 4) is 17.2 Å². The lowest BCUT2D eigenvalue weighted by Gasteiger charge is -2.09. The minimum Gasteiger partial charge on any atom is -0.494 e. The Morgan fingerprint density at radius 3 is 1.54 bits per heavy atom. The molecular formula is C45H48N2O10. The van der Waals surface area contributed by atoms with Crippen molar-refractivity contribution < 1.29 is 47.6 Å². The number of ether oxygens (including phenoxy) is 6. The third-order valence-corrected chi connectivity index (χ3v) is 7.83. The van der Waals surface area contributed by atoms with Gasteiger partial charge in [0.1, 0.15) is 23.0 Å². The predicted octanol–water partition coefficient (Wildman–Crippen LogP) is 8.74. The molecule has 0 bridgehead atoms. The van der Waals surface area contributed by atoms with Gasteiger partial charge in [0.25, 0.3) is 0 Å². The van der Waals surface area contributed by atoms with E-state index < -0.39 is 23.9 Å². The Hall–Kier alpha value is -6.82. The van der Waals surface area contributed by atoms with Crippen LogP contribution in [0.4, 0.5) is 0 Å². The lowest BCUT2D eigenvalue weighted by Crippen LogP contribution is -2.09. The highest BCUT2D eigenvalue weighted by Gasteiger charge is 2.11. The molecule has 0 radical (unpaired) electrons. The summed E-state index contributed by atoms with van der Waals surface area (Å²) in [6.07, 6.45) is 8.68. The van der Waals surface area contributed by atoms with E-state index in [9.17, 15) is 19.2 Å². The van der Waals surface area contributed by atoms with Gasteiger partial charge in [-0.3, -0.25) is 0 Å². The van der Waals surface area contributed by atoms with Crippen molar-refractivity contribution in [2.24, 2.45) is 10.2 Å². The molecule has 3 aromatic rings. The monoisotopic (exact) mass is 776 g/mol. The first-order valence-electron chi connectivity index (χ1n) is 18.3. The normalized spacial score (nSPS) is 11.3. The number of nitrogens with zero attached hydrogens (tertiary/aromatic N) is 2. The van der Waals surface area contributed by atoms with Crippen molar-refractivity contribution in [3.05, 3.63) is 151 Å². The van der Waals surface area contributed by atoms with Crippen molar-refractivity contribution in [3.63, 3.8) is 0 Å². The summed E-state index contributed by atoms with van der Waals surface area (Å²) in [6, 6.07) is 20.1. The molecule has 12 heteroatoms. The summed E-state index contributed by atoms with van der Waals surface area (Å²) in [5.74, 6) is -0.306. The summed E-state index contributed by atoms with van der Waals surface area (Å²) in [6.45, 7) is 19.7. The molecule has 0 N–H and O–H groups in total. The molecule has 0 spiro atoms. The predicted molar refractivity (Wildman–Crippen MR) is 219 cm³/mol. The zero-order valence-corrected chi connectivity index (χ0v) is 32.4. The lowest BCUT2D eigenvalue weighted by molar-refractivity contribution is -0.138. The molecule has 0 saturated carbocycles. The molecule has 298 valence electrons. The molecule has 0 atom stereocenters. The van der Waals surface area contributed by atoms with Crippen molar-refractivity contribution in [1.82, 2.24) is 0 Å². The summed E-state index contributed by atoms with van der Waals surface area (Å²) in [5, 5.41) is 8.75. The van der Waals surface area contributed by atoms with E-state index in [2.05, 4.69) is 36.5 Å². The van der Waals surface area contributed by atoms with E-state index in [0.29, 0.717) is 104 Å². The first-order chi connectivity index (χ1) is 27.5. The van der Waals surface area contributed by atoms with Gasteiger partial charge in [0.15, 0.2) is 0 Å². The van der Waals surface area contributed by atoms with Crippen LogP contribution in [0.15, 0.2) is 145 Å². The molecular weight excluding hydrogens is 728 g/mol. The summed E-state index contributed by atoms with van der Waals surface area (Å²) >= 11 is 0. The van der Waals surface area contributed by atoms with Crippen LogP contribution in [0.1, 0.15) is 72.2 Å². The van der Waals surface area contributed by atoms with Gasteiger partial charge in [-0.15, -0.1) is 0 Å². The van der Waals surface area contributed by atoms with Gasteiger partial charge in [-0.2, -0.15) is 10.2 Å². The van der Waals surface area contributed by atoms with E-state index in [4.69, 9.17) is 28.4 Å². The molecule has 12 nitrogen and oxygen atoms in total. The standard InChI is InChI=1S/C45H48N2O10/c1-7-41(35-16-26-40(27-17-35)57-45(51)37-20-24-39(25-21-37)53-29-11-13-31-55-43(49)9-3)47-46-34(6)32(4)14-15-33(5)56-44(50)36-18-22-38(23-19-36)52-28-10-12-30-54-42(48)8-2/h8-9,14-27H,2-5,7,10-13,28-31H2,1,6H3/b15-14-,46-34+,47-41+. The van der Waals surface area contributed by atoms with Crippen LogP contribution in [0.2, 0.25) is 0 Å². The smallest absolute Gasteiger partial charge is 0.343 e. The number of carbonyl (C=O) groups excluding carboxylic acids is 4. The maximum absolute atomic E-state index is 12.7. The Kier molecular flexibility index (Phi) is 19.2. The highest BCUT2D eigenvalue weighted by molar-refractivity contribution is 6.03. The molecule has 0 aliphatic rings. The number of esters is 4. The van der Waals surface area contributed by atoms with Gasteiger partial charge in [-0.05, 0) is 129 Å². The molecule has 0 saturated heterocycles. The molecule has 0 fully saturated rings.